The highest BCUT2D eigenvalue weighted by molar-refractivity contribution is 6.09. The molecule has 2 aromatic heterocycles. The first kappa shape index (κ1) is 22.4. The summed E-state index contributed by atoms with van der Waals surface area (Å²) >= 11 is 0. The van der Waals surface area contributed by atoms with Gasteiger partial charge in [0, 0.05) is 31.6 Å². The van der Waals surface area contributed by atoms with E-state index < -0.39 is 5.91 Å². The molecule has 3 heterocycles. The average Bonchev–Trinajstić information content (AvgIpc) is 3.10. The van der Waals surface area contributed by atoms with Gasteiger partial charge in [0.1, 0.15) is 28.5 Å². The van der Waals surface area contributed by atoms with Crippen molar-refractivity contribution in [3.63, 3.8) is 0 Å². The predicted octanol–water partition coefficient (Wildman–Crippen LogP) is 1.69. The molecule has 0 atom stereocenters. The van der Waals surface area contributed by atoms with Crippen LogP contribution in [0.25, 0.3) is 16.9 Å². The van der Waals surface area contributed by atoms with E-state index in [0.29, 0.717) is 48.7 Å². The van der Waals surface area contributed by atoms with Crippen molar-refractivity contribution in [3.05, 3.63) is 35.0 Å². The van der Waals surface area contributed by atoms with Crippen LogP contribution in [0.2, 0.25) is 0 Å². The van der Waals surface area contributed by atoms with Gasteiger partial charge >= 0.3 is 0 Å². The van der Waals surface area contributed by atoms with Crippen molar-refractivity contribution in [1.29, 1.82) is 0 Å². The minimum atomic E-state index is -0.667. The molecule has 10 heteroatoms. The lowest BCUT2D eigenvalue weighted by Gasteiger charge is -2.31. The standard InChI is InChI=1S/C23H29N7O3/c1-12-5-6-15(33-4)13(2)19(12)30-20(24)17(21(25)31)18-22(30)27-11-16(28-18)29-9-7-14(8-10-29)23(32)26-3/h5-6,11,14H,7-10,24H2,1-4H3,(H2,25,31)(H,26,32). The van der Waals surface area contributed by atoms with Crippen LogP contribution in [0.1, 0.15) is 34.3 Å². The number of carbonyl (C=O) groups excluding carboxylic acids is 2. The second-order valence-electron chi connectivity index (χ2n) is 8.29. The Morgan fingerprint density at radius 2 is 1.91 bits per heavy atom. The molecule has 1 fully saturated rings. The quantitative estimate of drug-likeness (QED) is 0.536. The van der Waals surface area contributed by atoms with Gasteiger partial charge in [-0.25, -0.2) is 9.97 Å². The highest BCUT2D eigenvalue weighted by Gasteiger charge is 2.28. The Bertz CT molecular complexity index is 1240. The van der Waals surface area contributed by atoms with E-state index in [0.717, 1.165) is 16.8 Å². The van der Waals surface area contributed by atoms with E-state index in [1.54, 1.807) is 24.9 Å². The summed E-state index contributed by atoms with van der Waals surface area (Å²) in [7, 11) is 3.26. The summed E-state index contributed by atoms with van der Waals surface area (Å²) in [6.07, 6.45) is 3.11. The average molecular weight is 452 g/mol. The number of carbonyl (C=O) groups is 2. The zero-order valence-electron chi connectivity index (χ0n) is 19.3. The van der Waals surface area contributed by atoms with Crippen LogP contribution in [-0.4, -0.2) is 53.6 Å². The zero-order chi connectivity index (χ0) is 23.9. The SMILES string of the molecule is CNC(=O)C1CCN(c2cnc3c(n2)c(C(N)=O)c(N)n3-c2c(C)ccc(OC)c2C)CC1. The molecule has 2 amide bonds. The number of amides is 2. The van der Waals surface area contributed by atoms with Crippen LogP contribution in [0, 0.1) is 19.8 Å². The number of hydrogen-bond acceptors (Lipinski definition) is 7. The van der Waals surface area contributed by atoms with Gasteiger partial charge in [-0.05, 0) is 38.3 Å². The number of benzene rings is 1. The Hall–Kier alpha value is -3.82. The lowest BCUT2D eigenvalue weighted by atomic mass is 9.96. The number of hydrogen-bond donors (Lipinski definition) is 3. The molecule has 3 aromatic rings. The van der Waals surface area contributed by atoms with Crippen molar-refractivity contribution in [2.75, 3.05) is 37.9 Å². The van der Waals surface area contributed by atoms with E-state index >= 15 is 0 Å². The summed E-state index contributed by atoms with van der Waals surface area (Å²) in [6.45, 7) is 5.20. The molecule has 0 bridgehead atoms. The molecule has 0 spiro atoms. The highest BCUT2D eigenvalue weighted by Crippen LogP contribution is 2.36. The molecule has 33 heavy (non-hydrogen) atoms. The number of methoxy groups -OCH3 is 1. The molecule has 1 aliphatic heterocycles. The fraction of sp³-hybridized carbons (Fsp3) is 0.391. The number of nitrogens with zero attached hydrogens (tertiary/aromatic N) is 4. The third-order valence-corrected chi connectivity index (χ3v) is 6.40. The van der Waals surface area contributed by atoms with Crippen LogP contribution < -0.4 is 26.4 Å². The van der Waals surface area contributed by atoms with E-state index in [1.165, 1.54) is 0 Å². The van der Waals surface area contributed by atoms with Gasteiger partial charge in [0.05, 0.1) is 19.0 Å². The Balaban J connectivity index is 1.83. The number of primary amides is 1. The largest absolute Gasteiger partial charge is 0.496 e. The second-order valence-corrected chi connectivity index (χ2v) is 8.29. The molecular weight excluding hydrogens is 422 g/mol. The Kier molecular flexibility index (Phi) is 5.84. The van der Waals surface area contributed by atoms with E-state index in [1.807, 2.05) is 26.0 Å². The second kappa shape index (κ2) is 8.61. The van der Waals surface area contributed by atoms with Gasteiger partial charge in [0.15, 0.2) is 5.65 Å². The lowest BCUT2D eigenvalue weighted by molar-refractivity contribution is -0.125. The molecule has 174 valence electrons. The van der Waals surface area contributed by atoms with Crippen molar-refractivity contribution >= 4 is 34.6 Å². The summed E-state index contributed by atoms with van der Waals surface area (Å²) in [5, 5.41) is 2.71. The van der Waals surface area contributed by atoms with Gasteiger partial charge in [-0.3, -0.25) is 14.2 Å². The molecule has 5 N–H and O–H groups in total. The third-order valence-electron chi connectivity index (χ3n) is 6.40. The van der Waals surface area contributed by atoms with Gasteiger partial charge in [-0.15, -0.1) is 0 Å². The lowest BCUT2D eigenvalue weighted by Crippen LogP contribution is -2.40. The minimum Gasteiger partial charge on any atom is -0.496 e. The molecular formula is C23H29N7O3. The van der Waals surface area contributed by atoms with Crippen molar-refractivity contribution in [1.82, 2.24) is 19.9 Å². The van der Waals surface area contributed by atoms with Crippen LogP contribution in [0.3, 0.4) is 0 Å². The number of fused-ring (bicyclic) bond motifs is 1. The number of rotatable bonds is 5. The summed E-state index contributed by atoms with van der Waals surface area (Å²) < 4.78 is 7.20. The van der Waals surface area contributed by atoms with Crippen molar-refractivity contribution in [2.24, 2.45) is 11.7 Å². The number of anilines is 2. The molecule has 1 aliphatic rings. The molecule has 0 unspecified atom stereocenters. The first-order valence-electron chi connectivity index (χ1n) is 10.9. The monoisotopic (exact) mass is 451 g/mol. The Labute approximate surface area is 191 Å². The van der Waals surface area contributed by atoms with Gasteiger partial charge in [-0.1, -0.05) is 6.07 Å². The van der Waals surface area contributed by atoms with Crippen molar-refractivity contribution in [3.8, 4) is 11.4 Å². The predicted molar refractivity (Wildman–Crippen MR) is 127 cm³/mol. The number of aromatic nitrogens is 3. The number of aryl methyl sites for hydroxylation is 1. The molecule has 0 aliphatic carbocycles. The van der Waals surface area contributed by atoms with Crippen LogP contribution in [0.5, 0.6) is 5.75 Å². The van der Waals surface area contributed by atoms with E-state index in [2.05, 4.69) is 15.2 Å². The molecule has 0 radical (unpaired) electrons. The first-order valence-corrected chi connectivity index (χ1v) is 10.9. The van der Waals surface area contributed by atoms with Gasteiger partial charge in [-0.2, -0.15) is 0 Å². The molecule has 1 aromatic carbocycles. The van der Waals surface area contributed by atoms with Crippen LogP contribution >= 0.6 is 0 Å². The molecule has 1 saturated heterocycles. The number of nitrogen functional groups attached to an aromatic ring is 1. The topological polar surface area (TPSA) is 141 Å². The van der Waals surface area contributed by atoms with Crippen molar-refractivity contribution in [2.45, 2.75) is 26.7 Å². The highest BCUT2D eigenvalue weighted by atomic mass is 16.5. The van der Waals surface area contributed by atoms with Crippen LogP contribution in [0.15, 0.2) is 18.3 Å². The smallest absolute Gasteiger partial charge is 0.254 e. The Morgan fingerprint density at radius 3 is 2.52 bits per heavy atom. The van der Waals surface area contributed by atoms with Gasteiger partial charge in [0.25, 0.3) is 5.91 Å². The molecule has 4 rings (SSSR count). The number of piperidine rings is 1. The van der Waals surface area contributed by atoms with Crippen LogP contribution in [-0.2, 0) is 4.79 Å². The maximum Gasteiger partial charge on any atom is 0.254 e. The zero-order valence-corrected chi connectivity index (χ0v) is 19.3. The normalized spacial score (nSPS) is 14.5. The summed E-state index contributed by atoms with van der Waals surface area (Å²) in [6, 6.07) is 3.81. The van der Waals surface area contributed by atoms with Gasteiger partial charge < -0.3 is 26.4 Å². The fourth-order valence-corrected chi connectivity index (χ4v) is 4.63. The van der Waals surface area contributed by atoms with E-state index in [9.17, 15) is 9.59 Å². The molecule has 0 saturated carbocycles. The third kappa shape index (κ3) is 3.71. The maximum absolute atomic E-state index is 12.4. The van der Waals surface area contributed by atoms with Gasteiger partial charge in [0.2, 0.25) is 5.91 Å². The summed E-state index contributed by atoms with van der Waals surface area (Å²) in [5.74, 6) is 0.880. The number of ether oxygens (including phenoxy) is 1. The first-order chi connectivity index (χ1) is 15.8. The summed E-state index contributed by atoms with van der Waals surface area (Å²) in [5.41, 5.74) is 15.7. The number of nitrogens with two attached hydrogens (primary N) is 2. The van der Waals surface area contributed by atoms with E-state index in [4.69, 9.17) is 21.2 Å². The van der Waals surface area contributed by atoms with E-state index in [-0.39, 0.29) is 23.2 Å². The number of nitrogens with one attached hydrogen (secondary N) is 1. The minimum absolute atomic E-state index is 0.0140. The maximum atomic E-state index is 12.4. The Morgan fingerprint density at radius 1 is 1.21 bits per heavy atom. The van der Waals surface area contributed by atoms with Crippen molar-refractivity contribution < 1.29 is 14.3 Å². The molecule has 10 nitrogen and oxygen atoms in total. The van der Waals surface area contributed by atoms with Crippen LogP contribution in [0.4, 0.5) is 11.6 Å². The summed E-state index contributed by atoms with van der Waals surface area (Å²) in [4.78, 5) is 35.8. The fourth-order valence-electron chi connectivity index (χ4n) is 4.63.